The maximum absolute atomic E-state index is 13.4. The Morgan fingerprint density at radius 1 is 1.00 bits per heavy atom. The van der Waals surface area contributed by atoms with Crippen LogP contribution in [0.4, 0.5) is 10.1 Å². The van der Waals surface area contributed by atoms with Crippen LogP contribution in [0.25, 0.3) is 21.8 Å². The first-order valence-corrected chi connectivity index (χ1v) is 10.2. The predicted octanol–water partition coefficient (Wildman–Crippen LogP) is 5.64. The number of carbonyl (C=O) groups is 1. The van der Waals surface area contributed by atoms with Crippen LogP contribution in [-0.2, 0) is 6.54 Å². The zero-order chi connectivity index (χ0) is 22.1. The van der Waals surface area contributed by atoms with Crippen molar-refractivity contribution in [1.29, 1.82) is 0 Å². The van der Waals surface area contributed by atoms with Gasteiger partial charge >= 0.3 is 0 Å². The van der Waals surface area contributed by atoms with Crippen molar-refractivity contribution in [2.45, 2.75) is 6.54 Å². The fourth-order valence-corrected chi connectivity index (χ4v) is 4.08. The molecule has 0 saturated carbocycles. The Labute approximate surface area is 184 Å². The summed E-state index contributed by atoms with van der Waals surface area (Å²) in [4.78, 5) is 17.2. The average molecular weight is 425 g/mol. The monoisotopic (exact) mass is 425 g/mol. The SMILES string of the molecule is COc1ccc(C(=O)Nc2ccncc2)c2c3ccccc3n(Cc3ccc(F)cc3)c12. The van der Waals surface area contributed by atoms with Gasteiger partial charge in [-0.05, 0) is 48.0 Å². The lowest BCUT2D eigenvalue weighted by Gasteiger charge is -2.12. The minimum atomic E-state index is -0.274. The molecule has 0 radical (unpaired) electrons. The van der Waals surface area contributed by atoms with Gasteiger partial charge in [0.2, 0.25) is 0 Å². The quantitative estimate of drug-likeness (QED) is 0.397. The fraction of sp³-hybridized carbons (Fsp3) is 0.0769. The second-order valence-corrected chi connectivity index (χ2v) is 7.46. The molecule has 0 aliphatic carbocycles. The summed E-state index contributed by atoms with van der Waals surface area (Å²) >= 11 is 0. The van der Waals surface area contributed by atoms with E-state index in [9.17, 15) is 9.18 Å². The van der Waals surface area contributed by atoms with Crippen molar-refractivity contribution in [3.05, 3.63) is 102 Å². The van der Waals surface area contributed by atoms with Crippen LogP contribution in [0.2, 0.25) is 0 Å². The van der Waals surface area contributed by atoms with Gasteiger partial charge in [0.15, 0.2) is 0 Å². The Kier molecular flexibility index (Phi) is 5.03. The summed E-state index contributed by atoms with van der Waals surface area (Å²) in [5.74, 6) is 0.177. The number of aromatic nitrogens is 2. The van der Waals surface area contributed by atoms with Crippen LogP contribution < -0.4 is 10.1 Å². The Bertz CT molecular complexity index is 1430. The molecule has 0 aliphatic heterocycles. The van der Waals surface area contributed by atoms with E-state index in [1.54, 1.807) is 49.8 Å². The van der Waals surface area contributed by atoms with E-state index in [1.165, 1.54) is 12.1 Å². The van der Waals surface area contributed by atoms with Gasteiger partial charge in [-0.25, -0.2) is 4.39 Å². The van der Waals surface area contributed by atoms with Crippen LogP contribution >= 0.6 is 0 Å². The van der Waals surface area contributed by atoms with Crippen molar-refractivity contribution in [2.75, 3.05) is 12.4 Å². The van der Waals surface area contributed by atoms with E-state index >= 15 is 0 Å². The Morgan fingerprint density at radius 2 is 1.75 bits per heavy atom. The number of carbonyl (C=O) groups excluding carboxylic acids is 1. The van der Waals surface area contributed by atoms with Crippen LogP contribution in [0.1, 0.15) is 15.9 Å². The molecule has 2 aromatic heterocycles. The van der Waals surface area contributed by atoms with Gasteiger partial charge in [-0.15, -0.1) is 0 Å². The van der Waals surface area contributed by atoms with Gasteiger partial charge in [-0.1, -0.05) is 30.3 Å². The summed E-state index contributed by atoms with van der Waals surface area (Å²) in [6.45, 7) is 0.510. The number of rotatable bonds is 5. The minimum absolute atomic E-state index is 0.214. The van der Waals surface area contributed by atoms with Gasteiger partial charge in [0.05, 0.1) is 12.6 Å². The van der Waals surface area contributed by atoms with Gasteiger partial charge in [0, 0.05) is 46.5 Å². The van der Waals surface area contributed by atoms with Gasteiger partial charge in [0.25, 0.3) is 5.91 Å². The van der Waals surface area contributed by atoms with E-state index in [0.29, 0.717) is 23.5 Å². The van der Waals surface area contributed by atoms with Crippen LogP contribution in [0, 0.1) is 5.82 Å². The van der Waals surface area contributed by atoms with E-state index in [0.717, 1.165) is 27.4 Å². The summed E-state index contributed by atoms with van der Waals surface area (Å²) in [7, 11) is 1.62. The summed E-state index contributed by atoms with van der Waals surface area (Å²) in [6.07, 6.45) is 3.27. The molecule has 0 spiro atoms. The third kappa shape index (κ3) is 3.46. The lowest BCUT2D eigenvalue weighted by molar-refractivity contribution is 0.102. The number of benzene rings is 3. The van der Waals surface area contributed by atoms with Gasteiger partial charge < -0.3 is 14.6 Å². The molecule has 0 fully saturated rings. The average Bonchev–Trinajstić information content (AvgIpc) is 3.15. The lowest BCUT2D eigenvalue weighted by atomic mass is 10.0. The Morgan fingerprint density at radius 3 is 2.50 bits per heavy atom. The number of nitrogens with zero attached hydrogens (tertiary/aromatic N) is 2. The summed E-state index contributed by atoms with van der Waals surface area (Å²) in [5.41, 5.74) is 3.95. The largest absolute Gasteiger partial charge is 0.495 e. The lowest BCUT2D eigenvalue weighted by Crippen LogP contribution is -2.12. The Hall–Kier alpha value is -4.19. The molecule has 1 amide bonds. The molecule has 0 saturated heterocycles. The first kappa shape index (κ1) is 19.8. The zero-order valence-corrected chi connectivity index (χ0v) is 17.4. The number of hydrogen-bond acceptors (Lipinski definition) is 3. The van der Waals surface area contributed by atoms with E-state index in [4.69, 9.17) is 4.74 Å². The molecule has 32 heavy (non-hydrogen) atoms. The highest BCUT2D eigenvalue weighted by Crippen LogP contribution is 2.38. The van der Waals surface area contributed by atoms with Gasteiger partial charge in [-0.2, -0.15) is 0 Å². The highest BCUT2D eigenvalue weighted by atomic mass is 19.1. The molecule has 0 aliphatic rings. The molecule has 5 rings (SSSR count). The first-order valence-electron chi connectivity index (χ1n) is 10.2. The molecular formula is C26H20FN3O2. The molecule has 1 N–H and O–H groups in total. The molecule has 158 valence electrons. The smallest absolute Gasteiger partial charge is 0.256 e. The fourth-order valence-electron chi connectivity index (χ4n) is 4.08. The Balaban J connectivity index is 1.72. The zero-order valence-electron chi connectivity index (χ0n) is 17.4. The standard InChI is InChI=1S/C26H20FN3O2/c1-32-23-11-10-21(26(31)29-19-12-14-28-15-13-19)24-20-4-2-3-5-22(20)30(25(23)24)16-17-6-8-18(27)9-7-17/h2-15H,16H2,1H3,(H,28,29,31). The number of methoxy groups -OCH3 is 1. The number of para-hydroxylation sites is 1. The number of fused-ring (bicyclic) bond motifs is 3. The van der Waals surface area contributed by atoms with E-state index in [-0.39, 0.29) is 11.7 Å². The van der Waals surface area contributed by atoms with E-state index < -0.39 is 0 Å². The topological polar surface area (TPSA) is 56.1 Å². The summed E-state index contributed by atoms with van der Waals surface area (Å²) in [6, 6.07) is 21.5. The number of amides is 1. The van der Waals surface area contributed by atoms with Crippen molar-refractivity contribution in [2.24, 2.45) is 0 Å². The molecule has 6 heteroatoms. The van der Waals surface area contributed by atoms with Crippen molar-refractivity contribution < 1.29 is 13.9 Å². The van der Waals surface area contributed by atoms with Crippen LogP contribution in [0.3, 0.4) is 0 Å². The molecule has 0 atom stereocenters. The van der Waals surface area contributed by atoms with E-state index in [2.05, 4.69) is 14.9 Å². The van der Waals surface area contributed by atoms with Gasteiger partial charge in [0.1, 0.15) is 11.6 Å². The summed E-state index contributed by atoms with van der Waals surface area (Å²) in [5, 5.41) is 4.71. The number of nitrogens with one attached hydrogen (secondary N) is 1. The maximum atomic E-state index is 13.4. The second kappa shape index (κ2) is 8.15. The van der Waals surface area contributed by atoms with Crippen LogP contribution in [0.5, 0.6) is 5.75 Å². The van der Waals surface area contributed by atoms with Gasteiger partial charge in [-0.3, -0.25) is 9.78 Å². The second-order valence-electron chi connectivity index (χ2n) is 7.46. The minimum Gasteiger partial charge on any atom is -0.495 e. The normalized spacial score (nSPS) is 11.1. The molecule has 5 nitrogen and oxygen atoms in total. The molecule has 0 bridgehead atoms. The van der Waals surface area contributed by atoms with Crippen molar-refractivity contribution in [1.82, 2.24) is 9.55 Å². The van der Waals surface area contributed by atoms with Crippen molar-refractivity contribution in [3.8, 4) is 5.75 Å². The van der Waals surface area contributed by atoms with Crippen LogP contribution in [0.15, 0.2) is 85.2 Å². The number of pyridine rings is 1. The van der Waals surface area contributed by atoms with Crippen molar-refractivity contribution in [3.63, 3.8) is 0 Å². The summed E-state index contributed by atoms with van der Waals surface area (Å²) < 4.78 is 21.2. The van der Waals surface area contributed by atoms with E-state index in [1.807, 2.05) is 30.3 Å². The number of hydrogen-bond donors (Lipinski definition) is 1. The number of anilines is 1. The third-order valence-electron chi connectivity index (χ3n) is 5.53. The highest BCUT2D eigenvalue weighted by Gasteiger charge is 2.21. The molecule has 5 aromatic rings. The number of halogens is 1. The maximum Gasteiger partial charge on any atom is 0.256 e. The third-order valence-corrected chi connectivity index (χ3v) is 5.53. The molecule has 2 heterocycles. The van der Waals surface area contributed by atoms with Crippen molar-refractivity contribution >= 4 is 33.4 Å². The molecule has 3 aromatic carbocycles. The predicted molar refractivity (Wildman–Crippen MR) is 124 cm³/mol. The highest BCUT2D eigenvalue weighted by molar-refractivity contribution is 6.22. The van der Waals surface area contributed by atoms with Crippen LogP contribution in [-0.4, -0.2) is 22.6 Å². The number of ether oxygens (including phenoxy) is 1. The molecule has 0 unspecified atom stereocenters. The molecular weight excluding hydrogens is 405 g/mol. The first-order chi connectivity index (χ1) is 15.7.